The number of ether oxygens (including phenoxy) is 4. The Kier molecular flexibility index (Phi) is 7.95. The van der Waals surface area contributed by atoms with Crippen molar-refractivity contribution in [2.75, 3.05) is 27.4 Å². The summed E-state index contributed by atoms with van der Waals surface area (Å²) in [5, 5.41) is 2.90. The summed E-state index contributed by atoms with van der Waals surface area (Å²) < 4.78 is 21.7. The van der Waals surface area contributed by atoms with E-state index in [4.69, 9.17) is 18.9 Å². The van der Waals surface area contributed by atoms with Crippen LogP contribution >= 0.6 is 0 Å². The Balaban J connectivity index is 2.12. The number of amides is 1. The van der Waals surface area contributed by atoms with E-state index in [2.05, 4.69) is 5.32 Å². The van der Waals surface area contributed by atoms with Gasteiger partial charge in [0.15, 0.2) is 0 Å². The molecule has 0 unspecified atom stereocenters. The molecule has 0 saturated heterocycles. The number of methoxy groups -OCH3 is 2. The minimum atomic E-state index is -0.159. The average Bonchev–Trinajstić information content (AvgIpc) is 2.68. The maximum absolute atomic E-state index is 12.4. The summed E-state index contributed by atoms with van der Waals surface area (Å²) in [5.41, 5.74) is 1.36. The molecule has 0 saturated carbocycles. The van der Waals surface area contributed by atoms with Gasteiger partial charge in [-0.1, -0.05) is 0 Å². The van der Waals surface area contributed by atoms with Crippen molar-refractivity contribution in [1.82, 2.24) is 5.32 Å². The van der Waals surface area contributed by atoms with Crippen LogP contribution < -0.4 is 19.5 Å². The van der Waals surface area contributed by atoms with E-state index in [1.165, 1.54) is 0 Å². The van der Waals surface area contributed by atoms with Gasteiger partial charge < -0.3 is 24.3 Å². The van der Waals surface area contributed by atoms with E-state index in [0.29, 0.717) is 30.3 Å². The third-order valence-corrected chi connectivity index (χ3v) is 3.87. The molecule has 0 heterocycles. The highest BCUT2D eigenvalue weighted by atomic mass is 16.5. The maximum Gasteiger partial charge on any atom is 0.251 e. The fourth-order valence-corrected chi connectivity index (χ4v) is 2.56. The van der Waals surface area contributed by atoms with Crippen LogP contribution in [0.15, 0.2) is 42.5 Å². The lowest BCUT2D eigenvalue weighted by atomic mass is 10.1. The van der Waals surface area contributed by atoms with Crippen molar-refractivity contribution >= 4 is 5.91 Å². The number of nitrogens with one attached hydrogen (secondary N) is 1. The second-order valence-electron chi connectivity index (χ2n) is 6.05. The minimum absolute atomic E-state index is 0.0759. The fraction of sp³-hybridized carbons (Fsp3) is 0.381. The molecule has 0 spiro atoms. The van der Waals surface area contributed by atoms with Crippen LogP contribution in [-0.4, -0.2) is 39.4 Å². The summed E-state index contributed by atoms with van der Waals surface area (Å²) >= 11 is 0. The normalized spacial score (nSPS) is 11.6. The first-order valence-corrected chi connectivity index (χ1v) is 8.89. The molecule has 2 aromatic carbocycles. The summed E-state index contributed by atoms with van der Waals surface area (Å²) in [6.45, 7) is 5.09. The molecule has 0 aliphatic carbocycles. The van der Waals surface area contributed by atoms with Gasteiger partial charge >= 0.3 is 0 Å². The van der Waals surface area contributed by atoms with Gasteiger partial charge in [0.05, 0.1) is 20.3 Å². The first-order valence-electron chi connectivity index (χ1n) is 8.89. The molecular weight excluding hydrogens is 346 g/mol. The molecule has 6 nitrogen and oxygen atoms in total. The van der Waals surface area contributed by atoms with Gasteiger partial charge in [-0.15, -0.1) is 0 Å². The van der Waals surface area contributed by atoms with Crippen molar-refractivity contribution < 1.29 is 23.7 Å². The smallest absolute Gasteiger partial charge is 0.251 e. The van der Waals surface area contributed by atoms with E-state index in [-0.39, 0.29) is 18.6 Å². The monoisotopic (exact) mass is 373 g/mol. The molecule has 146 valence electrons. The van der Waals surface area contributed by atoms with Gasteiger partial charge in [-0.25, -0.2) is 0 Å². The van der Waals surface area contributed by atoms with Gasteiger partial charge in [0, 0.05) is 24.3 Å². The lowest BCUT2D eigenvalue weighted by molar-refractivity contribution is 0.0905. The van der Waals surface area contributed by atoms with Crippen molar-refractivity contribution in [3.8, 4) is 17.2 Å². The van der Waals surface area contributed by atoms with Crippen LogP contribution in [0.2, 0.25) is 0 Å². The molecular formula is C21H27NO5. The van der Waals surface area contributed by atoms with Crippen LogP contribution in [0.3, 0.4) is 0 Å². The summed E-state index contributed by atoms with van der Waals surface area (Å²) in [6, 6.07) is 12.6. The Bertz CT molecular complexity index is 730. The van der Waals surface area contributed by atoms with Crippen molar-refractivity contribution in [3.05, 3.63) is 53.6 Å². The largest absolute Gasteiger partial charge is 0.497 e. The Morgan fingerprint density at radius 3 is 2.37 bits per heavy atom. The molecule has 2 aromatic rings. The van der Waals surface area contributed by atoms with Crippen LogP contribution in [-0.2, 0) is 11.3 Å². The quantitative estimate of drug-likeness (QED) is 0.691. The molecule has 0 radical (unpaired) electrons. The number of rotatable bonds is 10. The molecule has 0 aliphatic heterocycles. The SMILES string of the molecule is CCOc1ccc(C(=O)N[C@@H](C)COC)cc1COc1ccc(OC)cc1. The zero-order valence-corrected chi connectivity index (χ0v) is 16.3. The van der Waals surface area contributed by atoms with Crippen LogP contribution in [0.25, 0.3) is 0 Å². The molecule has 2 rings (SSSR count). The Hall–Kier alpha value is -2.73. The van der Waals surface area contributed by atoms with Crippen LogP contribution in [0, 0.1) is 0 Å². The highest BCUT2D eigenvalue weighted by Crippen LogP contribution is 2.24. The van der Waals surface area contributed by atoms with Gasteiger partial charge in [-0.3, -0.25) is 4.79 Å². The molecule has 0 aliphatic rings. The predicted octanol–water partition coefficient (Wildman–Crippen LogP) is 3.44. The minimum Gasteiger partial charge on any atom is -0.497 e. The summed E-state index contributed by atoms with van der Waals surface area (Å²) in [5.74, 6) is 2.02. The fourth-order valence-electron chi connectivity index (χ4n) is 2.56. The molecule has 1 N–H and O–H groups in total. The van der Waals surface area contributed by atoms with E-state index in [1.807, 2.05) is 38.1 Å². The van der Waals surface area contributed by atoms with Gasteiger partial charge in [0.1, 0.15) is 23.9 Å². The Morgan fingerprint density at radius 2 is 1.74 bits per heavy atom. The zero-order chi connectivity index (χ0) is 19.6. The first kappa shape index (κ1) is 20.6. The summed E-state index contributed by atoms with van der Waals surface area (Å²) in [7, 11) is 3.22. The van der Waals surface area contributed by atoms with E-state index >= 15 is 0 Å². The molecule has 0 aromatic heterocycles. The highest BCUT2D eigenvalue weighted by molar-refractivity contribution is 5.94. The maximum atomic E-state index is 12.4. The molecule has 0 bridgehead atoms. The standard InChI is InChI=1S/C21H27NO5/c1-5-26-20-11-6-16(21(23)22-15(2)13-24-3)12-17(20)14-27-19-9-7-18(25-4)8-10-19/h6-12,15H,5,13-14H2,1-4H3,(H,22,23)/t15-/m0/s1. The average molecular weight is 373 g/mol. The van der Waals surface area contributed by atoms with Crippen molar-refractivity contribution in [2.45, 2.75) is 26.5 Å². The Morgan fingerprint density at radius 1 is 1.04 bits per heavy atom. The van der Waals surface area contributed by atoms with Crippen LogP contribution in [0.5, 0.6) is 17.2 Å². The van der Waals surface area contributed by atoms with Crippen LogP contribution in [0.4, 0.5) is 0 Å². The molecule has 1 atom stereocenters. The number of benzene rings is 2. The summed E-state index contributed by atoms with van der Waals surface area (Å²) in [6.07, 6.45) is 0. The third kappa shape index (κ3) is 6.18. The van der Waals surface area contributed by atoms with E-state index in [9.17, 15) is 4.79 Å². The van der Waals surface area contributed by atoms with Gasteiger partial charge in [0.2, 0.25) is 0 Å². The molecule has 6 heteroatoms. The van der Waals surface area contributed by atoms with Gasteiger partial charge in [-0.2, -0.15) is 0 Å². The van der Waals surface area contributed by atoms with Crippen molar-refractivity contribution in [3.63, 3.8) is 0 Å². The lowest BCUT2D eigenvalue weighted by Crippen LogP contribution is -2.35. The first-order chi connectivity index (χ1) is 13.1. The van der Waals surface area contributed by atoms with Crippen molar-refractivity contribution in [2.24, 2.45) is 0 Å². The Labute approximate surface area is 160 Å². The van der Waals surface area contributed by atoms with Crippen LogP contribution in [0.1, 0.15) is 29.8 Å². The molecule has 27 heavy (non-hydrogen) atoms. The lowest BCUT2D eigenvalue weighted by Gasteiger charge is -2.15. The topological polar surface area (TPSA) is 66.0 Å². The van der Waals surface area contributed by atoms with Gasteiger partial charge in [0.25, 0.3) is 5.91 Å². The second kappa shape index (κ2) is 10.4. The van der Waals surface area contributed by atoms with E-state index in [1.54, 1.807) is 32.4 Å². The number of hydrogen-bond donors (Lipinski definition) is 1. The molecule has 1 amide bonds. The second-order valence-corrected chi connectivity index (χ2v) is 6.05. The predicted molar refractivity (Wildman–Crippen MR) is 104 cm³/mol. The van der Waals surface area contributed by atoms with E-state index in [0.717, 1.165) is 11.3 Å². The third-order valence-electron chi connectivity index (χ3n) is 3.87. The molecule has 0 fully saturated rings. The van der Waals surface area contributed by atoms with E-state index < -0.39 is 0 Å². The number of carbonyl (C=O) groups excluding carboxylic acids is 1. The summed E-state index contributed by atoms with van der Waals surface area (Å²) in [4.78, 5) is 12.4. The zero-order valence-electron chi connectivity index (χ0n) is 16.3. The number of hydrogen-bond acceptors (Lipinski definition) is 5. The van der Waals surface area contributed by atoms with Gasteiger partial charge in [-0.05, 0) is 56.3 Å². The van der Waals surface area contributed by atoms with Crippen molar-refractivity contribution in [1.29, 1.82) is 0 Å². The highest BCUT2D eigenvalue weighted by Gasteiger charge is 2.13. The number of carbonyl (C=O) groups is 1.